The SMILES string of the molecule is [2H]c1nc(C([2H])([2H])N2C(=O)c3cc(-c4c([2H])c([2H])c(OC(C)(F)F)c([2H])c4[2H])ccc3OC([2H])([2H])C2([2H])[2H])nc([2H])c1[2H]. The highest BCUT2D eigenvalue weighted by atomic mass is 19.3. The van der Waals surface area contributed by atoms with Crippen molar-refractivity contribution < 1.29 is 40.9 Å². The number of rotatable bonds is 5. The number of nitrogens with zero attached hydrogens (tertiary/aromatic N) is 3. The number of benzene rings is 2. The molecular weight excluding hydrogens is 392 g/mol. The third-order valence-corrected chi connectivity index (χ3v) is 3.55. The maximum atomic E-state index is 13.8. The number of amides is 1. The average molecular weight is 424 g/mol. The molecule has 1 aliphatic rings. The molecule has 0 saturated carbocycles. The second-order valence-corrected chi connectivity index (χ2v) is 5.79. The molecule has 6 nitrogen and oxygen atoms in total. The van der Waals surface area contributed by atoms with E-state index in [0.29, 0.717) is 6.92 Å². The average Bonchev–Trinajstić information content (AvgIpc) is 2.93. The summed E-state index contributed by atoms with van der Waals surface area (Å²) >= 11 is 0. The fourth-order valence-electron chi connectivity index (χ4n) is 2.35. The zero-order valence-corrected chi connectivity index (χ0v) is 15.1. The molecule has 1 aromatic heterocycles. The summed E-state index contributed by atoms with van der Waals surface area (Å²) in [5, 5.41) is 0. The summed E-state index contributed by atoms with van der Waals surface area (Å²) in [6.07, 6.45) is -5.72. The van der Waals surface area contributed by atoms with E-state index in [4.69, 9.17) is 22.6 Å². The van der Waals surface area contributed by atoms with Crippen LogP contribution >= 0.6 is 0 Å². The van der Waals surface area contributed by atoms with Crippen molar-refractivity contribution in [1.29, 1.82) is 0 Å². The Hall–Kier alpha value is -3.55. The molecule has 154 valence electrons. The van der Waals surface area contributed by atoms with Crippen LogP contribution < -0.4 is 9.47 Å². The van der Waals surface area contributed by atoms with Crippen LogP contribution in [0.1, 0.15) is 40.9 Å². The Morgan fingerprint density at radius 2 is 2.00 bits per heavy atom. The summed E-state index contributed by atoms with van der Waals surface area (Å²) in [5.74, 6) is -4.37. The molecule has 0 radical (unpaired) electrons. The van der Waals surface area contributed by atoms with Gasteiger partial charge in [-0.2, -0.15) is 8.78 Å². The highest BCUT2D eigenvalue weighted by molar-refractivity contribution is 5.98. The van der Waals surface area contributed by atoms with Gasteiger partial charge < -0.3 is 14.4 Å². The molecule has 0 unspecified atom stereocenters. The molecule has 0 fully saturated rings. The summed E-state index contributed by atoms with van der Waals surface area (Å²) in [5.41, 5.74) is -1.52. The van der Waals surface area contributed by atoms with Gasteiger partial charge in [0.1, 0.15) is 23.9 Å². The van der Waals surface area contributed by atoms with Gasteiger partial charge in [0, 0.05) is 19.3 Å². The Morgan fingerprint density at radius 3 is 2.70 bits per heavy atom. The van der Waals surface area contributed by atoms with Crippen molar-refractivity contribution in [2.24, 2.45) is 0 Å². The first-order chi connectivity index (χ1) is 19.5. The lowest BCUT2D eigenvalue weighted by Gasteiger charge is -2.19. The van der Waals surface area contributed by atoms with Crippen LogP contribution in [0.25, 0.3) is 11.1 Å². The van der Waals surface area contributed by atoms with Crippen LogP contribution in [0.5, 0.6) is 11.5 Å². The first kappa shape index (κ1) is 9.51. The fraction of sp³-hybridized carbons (Fsp3) is 0.227. The van der Waals surface area contributed by atoms with E-state index in [1.165, 1.54) is 0 Å². The number of carbonyl (C=O) groups is 1. The van der Waals surface area contributed by atoms with Crippen molar-refractivity contribution in [1.82, 2.24) is 14.9 Å². The van der Waals surface area contributed by atoms with Gasteiger partial charge in [0.15, 0.2) is 0 Å². The van der Waals surface area contributed by atoms with Crippen molar-refractivity contribution >= 4 is 5.91 Å². The maximum Gasteiger partial charge on any atom is 0.394 e. The minimum Gasteiger partial charge on any atom is -0.491 e. The van der Waals surface area contributed by atoms with Gasteiger partial charge in [0.25, 0.3) is 5.91 Å². The first-order valence-electron chi connectivity index (χ1n) is 14.7. The van der Waals surface area contributed by atoms with Crippen molar-refractivity contribution in [2.75, 3.05) is 13.1 Å². The standard InChI is InChI=1S/C22H19F2N3O3/c1-22(23,24)30-17-6-3-15(4-7-17)16-5-8-19-18(13-16)21(28)27(11-12-29-19)14-20-25-9-2-10-26-20/h2-10,13H,11-12,14H2,1H3/i2D,3D,4D,6D,7D,9D,10D,11D2,12D2,14D2. The molecule has 0 atom stereocenters. The lowest BCUT2D eigenvalue weighted by Crippen LogP contribution is -2.32. The number of hydrogen-bond donors (Lipinski definition) is 0. The second-order valence-electron chi connectivity index (χ2n) is 5.79. The molecule has 0 spiro atoms. The highest BCUT2D eigenvalue weighted by Crippen LogP contribution is 2.31. The first-order valence-corrected chi connectivity index (χ1v) is 8.20. The van der Waals surface area contributed by atoms with E-state index in [2.05, 4.69) is 14.7 Å². The molecule has 30 heavy (non-hydrogen) atoms. The number of alkyl halides is 2. The number of hydrogen-bond acceptors (Lipinski definition) is 5. The summed E-state index contributed by atoms with van der Waals surface area (Å²) in [4.78, 5) is 20.5. The molecule has 4 rings (SSSR count). The number of carbonyl (C=O) groups excluding carboxylic acids is 1. The van der Waals surface area contributed by atoms with Gasteiger partial charge in [-0.25, -0.2) is 9.97 Å². The van der Waals surface area contributed by atoms with Crippen LogP contribution in [0, 0.1) is 0 Å². The molecule has 2 aromatic carbocycles. The summed E-state index contributed by atoms with van der Waals surface area (Å²) in [6.45, 7) is -10.2. The Balaban J connectivity index is 1.95. The van der Waals surface area contributed by atoms with E-state index in [1.54, 1.807) is 0 Å². The van der Waals surface area contributed by atoms with E-state index in [9.17, 15) is 13.6 Å². The topological polar surface area (TPSA) is 64.6 Å². The van der Waals surface area contributed by atoms with Crippen LogP contribution in [0.15, 0.2) is 60.8 Å². The van der Waals surface area contributed by atoms with Crippen molar-refractivity contribution in [3.63, 3.8) is 0 Å². The minimum absolute atomic E-state index is 0.247. The Labute approximate surface area is 190 Å². The Bertz CT molecular complexity index is 1620. The molecule has 0 aliphatic carbocycles. The van der Waals surface area contributed by atoms with E-state index >= 15 is 0 Å². The minimum atomic E-state index is -3.85. The molecule has 0 bridgehead atoms. The van der Waals surface area contributed by atoms with E-state index in [-0.39, 0.29) is 10.5 Å². The monoisotopic (exact) mass is 424 g/mol. The van der Waals surface area contributed by atoms with Crippen molar-refractivity contribution in [3.05, 3.63) is 72.1 Å². The zero-order chi connectivity index (χ0) is 32.6. The van der Waals surface area contributed by atoms with Gasteiger partial charge in [-0.15, -0.1) is 0 Å². The van der Waals surface area contributed by atoms with Crippen LogP contribution in [-0.4, -0.2) is 39.9 Å². The van der Waals surface area contributed by atoms with Gasteiger partial charge in [0.2, 0.25) is 0 Å². The number of halogens is 2. The Kier molecular flexibility index (Phi) is 2.55. The summed E-state index contributed by atoms with van der Waals surface area (Å²) in [6, 6.07) is -1.67. The predicted molar refractivity (Wildman–Crippen MR) is 105 cm³/mol. The second kappa shape index (κ2) is 8.06. The molecule has 0 N–H and O–H groups in total. The molecule has 1 amide bonds. The van der Waals surface area contributed by atoms with Gasteiger partial charge >= 0.3 is 6.11 Å². The quantitative estimate of drug-likeness (QED) is 0.615. The number of aromatic nitrogens is 2. The van der Waals surface area contributed by atoms with Gasteiger partial charge in [-0.1, -0.05) is 18.2 Å². The van der Waals surface area contributed by atoms with Gasteiger partial charge in [-0.05, 0) is 41.4 Å². The molecular formula is C22H19F2N3O3. The van der Waals surface area contributed by atoms with Crippen LogP contribution in [0.2, 0.25) is 0 Å². The molecule has 3 aromatic rings. The van der Waals surface area contributed by atoms with Crippen LogP contribution in [-0.2, 0) is 6.50 Å². The molecule has 8 heteroatoms. The van der Waals surface area contributed by atoms with E-state index < -0.39 is 103 Å². The number of ether oxygens (including phenoxy) is 2. The third kappa shape index (κ3) is 4.53. The largest absolute Gasteiger partial charge is 0.491 e. The lowest BCUT2D eigenvalue weighted by molar-refractivity contribution is -0.158. The smallest absolute Gasteiger partial charge is 0.394 e. The molecule has 0 saturated heterocycles. The summed E-state index contributed by atoms with van der Waals surface area (Å²) < 4.78 is 142. The van der Waals surface area contributed by atoms with Gasteiger partial charge in [0.05, 0.1) is 36.4 Å². The Morgan fingerprint density at radius 1 is 1.27 bits per heavy atom. The number of fused-ring (bicyclic) bond motifs is 1. The maximum absolute atomic E-state index is 13.8. The van der Waals surface area contributed by atoms with Crippen LogP contribution in [0.4, 0.5) is 8.78 Å². The normalized spacial score (nSPS) is 24.0. The third-order valence-electron chi connectivity index (χ3n) is 3.55. The van der Waals surface area contributed by atoms with Crippen molar-refractivity contribution in [2.45, 2.75) is 19.5 Å². The highest BCUT2D eigenvalue weighted by Gasteiger charge is 2.25. The predicted octanol–water partition coefficient (Wildman–Crippen LogP) is 4.17. The van der Waals surface area contributed by atoms with Crippen LogP contribution in [0.3, 0.4) is 0 Å². The molecule has 2 heterocycles. The fourth-order valence-corrected chi connectivity index (χ4v) is 2.35. The van der Waals surface area contributed by atoms with E-state index in [0.717, 1.165) is 18.2 Å². The van der Waals surface area contributed by atoms with Gasteiger partial charge in [-0.3, -0.25) is 4.79 Å². The molecule has 1 aliphatic heterocycles. The lowest BCUT2D eigenvalue weighted by atomic mass is 10.0. The summed E-state index contributed by atoms with van der Waals surface area (Å²) in [7, 11) is 0. The van der Waals surface area contributed by atoms with E-state index in [1.807, 2.05) is 0 Å². The zero-order valence-electron chi connectivity index (χ0n) is 28.1. The van der Waals surface area contributed by atoms with Crippen molar-refractivity contribution in [3.8, 4) is 22.6 Å².